The third-order valence-electron chi connectivity index (χ3n) is 13.8. The fourth-order valence-corrected chi connectivity index (χ4v) is 10.4. The summed E-state index contributed by atoms with van der Waals surface area (Å²) in [5.41, 5.74) is 19.3. The maximum atomic E-state index is 5.33. The fourth-order valence-electron chi connectivity index (χ4n) is 10.4. The molecule has 2 heterocycles. The van der Waals surface area contributed by atoms with E-state index in [9.17, 15) is 0 Å². The number of nitrogens with zero attached hydrogens (tertiary/aromatic N) is 3. The number of aromatic nitrogens is 2. The monoisotopic (exact) mass is 823 g/mol. The van der Waals surface area contributed by atoms with Crippen molar-refractivity contribution in [1.82, 2.24) is 9.97 Å². The van der Waals surface area contributed by atoms with Crippen molar-refractivity contribution in [3.8, 4) is 11.1 Å². The van der Waals surface area contributed by atoms with Crippen LogP contribution < -0.4 is 4.90 Å². The molecule has 9 aromatic rings. The molecular weight excluding hydrogens is 775 g/mol. The van der Waals surface area contributed by atoms with E-state index in [1.165, 1.54) is 61.3 Å². The van der Waals surface area contributed by atoms with Gasteiger partial charge < -0.3 is 4.90 Å². The summed E-state index contributed by atoms with van der Waals surface area (Å²) < 4.78 is 0. The Morgan fingerprint density at radius 1 is 0.547 bits per heavy atom. The summed E-state index contributed by atoms with van der Waals surface area (Å²) in [7, 11) is 0. The highest BCUT2D eigenvalue weighted by molar-refractivity contribution is 6.03. The number of rotatable bonds is 10. The number of fused-ring (bicyclic) bond motifs is 6. The van der Waals surface area contributed by atoms with Crippen molar-refractivity contribution >= 4 is 62.2 Å². The van der Waals surface area contributed by atoms with Crippen LogP contribution in [0.3, 0.4) is 0 Å². The highest BCUT2D eigenvalue weighted by Crippen LogP contribution is 2.54. The highest BCUT2D eigenvalue weighted by atomic mass is 15.1. The Labute approximate surface area is 376 Å². The summed E-state index contributed by atoms with van der Waals surface area (Å²) in [5.74, 6) is 0.112. The van der Waals surface area contributed by atoms with Crippen molar-refractivity contribution in [1.29, 1.82) is 0 Å². The minimum atomic E-state index is -0.0773. The van der Waals surface area contributed by atoms with Crippen molar-refractivity contribution in [3.63, 3.8) is 0 Å². The summed E-state index contributed by atoms with van der Waals surface area (Å²) in [5, 5.41) is 2.22. The van der Waals surface area contributed by atoms with Gasteiger partial charge in [0.15, 0.2) is 0 Å². The fraction of sp³-hybridized carbons (Fsp3) is 0.115. The first-order valence-electron chi connectivity index (χ1n) is 22.7. The molecule has 0 N–H and O–H groups in total. The molecule has 3 heteroatoms. The number of para-hydroxylation sites is 2. The van der Waals surface area contributed by atoms with Crippen molar-refractivity contribution in [2.24, 2.45) is 0 Å². The summed E-state index contributed by atoms with van der Waals surface area (Å²) in [6, 6.07) is 68.2. The minimum Gasteiger partial charge on any atom is -0.310 e. The van der Waals surface area contributed by atoms with E-state index < -0.39 is 0 Å². The Morgan fingerprint density at radius 2 is 1.16 bits per heavy atom. The van der Waals surface area contributed by atoms with Crippen molar-refractivity contribution in [2.45, 2.75) is 44.4 Å². The standard InChI is InChI=1S/C61H49N3/c1-3-61(4-2)56-39-43(26-34-52(56)53-36-33-51(41-57(53)61)64(49-18-10-6-11-19-49)50-20-12-7-13-21-50)23-22-42-24-27-45(28-25-42)55-40-48(44-15-8-5-9-16-44)31-35-54(55)58-37-32-47-30-29-46-17-14-38-62-59(46)60(47)63-58/h5-34,36-41,54H,3-4,35H2,1-2H3/b23-22+. The van der Waals surface area contributed by atoms with Gasteiger partial charge in [-0.3, -0.25) is 4.98 Å². The van der Waals surface area contributed by atoms with Gasteiger partial charge in [0.05, 0.1) is 11.0 Å². The number of anilines is 3. The first-order valence-corrected chi connectivity index (χ1v) is 22.7. The molecule has 7 aromatic carbocycles. The van der Waals surface area contributed by atoms with Gasteiger partial charge in [0.2, 0.25) is 0 Å². The Hall–Kier alpha value is -7.62. The lowest BCUT2D eigenvalue weighted by molar-refractivity contribution is 0.490. The summed E-state index contributed by atoms with van der Waals surface area (Å²) >= 11 is 0. The Kier molecular flexibility index (Phi) is 10.2. The van der Waals surface area contributed by atoms with E-state index in [-0.39, 0.29) is 11.3 Å². The topological polar surface area (TPSA) is 29.0 Å². The number of allylic oxidation sites excluding steroid dienone is 4. The third kappa shape index (κ3) is 6.94. The van der Waals surface area contributed by atoms with Crippen molar-refractivity contribution in [3.05, 3.63) is 245 Å². The van der Waals surface area contributed by atoms with Crippen LogP contribution in [0.1, 0.15) is 78.1 Å². The van der Waals surface area contributed by atoms with Crippen LogP contribution in [0, 0.1) is 0 Å². The highest BCUT2D eigenvalue weighted by Gasteiger charge is 2.41. The summed E-state index contributed by atoms with van der Waals surface area (Å²) in [6.45, 7) is 4.71. The zero-order valence-electron chi connectivity index (χ0n) is 36.3. The molecule has 11 rings (SSSR count). The normalized spacial score (nSPS) is 15.2. The largest absolute Gasteiger partial charge is 0.310 e. The van der Waals surface area contributed by atoms with E-state index in [2.05, 4.69) is 225 Å². The average Bonchev–Trinajstić information content (AvgIpc) is 3.65. The summed E-state index contributed by atoms with van der Waals surface area (Å²) in [6.07, 6.45) is 14.1. The number of hydrogen-bond acceptors (Lipinski definition) is 3. The molecule has 0 saturated heterocycles. The van der Waals surface area contributed by atoms with Crippen LogP contribution in [0.2, 0.25) is 0 Å². The smallest absolute Gasteiger partial charge is 0.0968 e. The lowest BCUT2D eigenvalue weighted by Gasteiger charge is -2.32. The first-order chi connectivity index (χ1) is 31.6. The zero-order chi connectivity index (χ0) is 43.0. The third-order valence-corrected chi connectivity index (χ3v) is 13.8. The SMILES string of the molecule is CCC1(CC)c2cc(/C=C/c3ccc(C4=CC(c5ccccc5)=CCC4c4ccc5ccc6cccnc6c5n4)cc3)ccc2-c2ccc(N(c3ccccc3)c3ccccc3)cc21. The van der Waals surface area contributed by atoms with Crippen LogP contribution in [0.25, 0.3) is 56.2 Å². The molecule has 1 unspecified atom stereocenters. The first kappa shape index (κ1) is 39.2. The van der Waals surface area contributed by atoms with Gasteiger partial charge in [-0.05, 0) is 123 Å². The van der Waals surface area contributed by atoms with Crippen LogP contribution in [0.4, 0.5) is 17.1 Å². The Balaban J connectivity index is 0.905. The van der Waals surface area contributed by atoms with Gasteiger partial charge in [0.25, 0.3) is 0 Å². The summed E-state index contributed by atoms with van der Waals surface area (Å²) in [4.78, 5) is 12.5. The predicted molar refractivity (Wildman–Crippen MR) is 270 cm³/mol. The second-order valence-electron chi connectivity index (χ2n) is 17.1. The second-order valence-corrected chi connectivity index (χ2v) is 17.1. The molecule has 2 aliphatic rings. The van der Waals surface area contributed by atoms with E-state index >= 15 is 0 Å². The van der Waals surface area contributed by atoms with Gasteiger partial charge in [0, 0.05) is 51.1 Å². The second kappa shape index (κ2) is 16.6. The molecule has 64 heavy (non-hydrogen) atoms. The van der Waals surface area contributed by atoms with Crippen LogP contribution >= 0.6 is 0 Å². The Bertz CT molecular complexity index is 3210. The molecule has 0 spiro atoms. The molecule has 0 radical (unpaired) electrons. The molecule has 0 saturated carbocycles. The quantitative estimate of drug-likeness (QED) is 0.102. The van der Waals surface area contributed by atoms with Crippen LogP contribution in [-0.2, 0) is 5.41 Å². The van der Waals surface area contributed by atoms with Crippen LogP contribution in [0.15, 0.2) is 206 Å². The van der Waals surface area contributed by atoms with Gasteiger partial charge in [-0.25, -0.2) is 4.98 Å². The van der Waals surface area contributed by atoms with E-state index in [1.807, 2.05) is 12.3 Å². The van der Waals surface area contributed by atoms with Gasteiger partial charge in [-0.1, -0.05) is 178 Å². The van der Waals surface area contributed by atoms with Crippen LogP contribution in [0.5, 0.6) is 0 Å². The van der Waals surface area contributed by atoms with Gasteiger partial charge in [0.1, 0.15) is 0 Å². The molecule has 2 aromatic heterocycles. The molecule has 0 fully saturated rings. The Morgan fingerprint density at radius 3 is 1.86 bits per heavy atom. The maximum absolute atomic E-state index is 5.33. The lowest BCUT2D eigenvalue weighted by atomic mass is 9.73. The molecular formula is C61H49N3. The molecule has 0 amide bonds. The molecule has 0 aliphatic heterocycles. The zero-order valence-corrected chi connectivity index (χ0v) is 36.3. The number of hydrogen-bond donors (Lipinski definition) is 0. The molecule has 3 nitrogen and oxygen atoms in total. The minimum absolute atomic E-state index is 0.0773. The van der Waals surface area contributed by atoms with Crippen molar-refractivity contribution in [2.75, 3.05) is 4.90 Å². The van der Waals surface area contributed by atoms with Crippen molar-refractivity contribution < 1.29 is 0 Å². The molecule has 2 aliphatic carbocycles. The van der Waals surface area contributed by atoms with E-state index in [4.69, 9.17) is 9.97 Å². The predicted octanol–water partition coefficient (Wildman–Crippen LogP) is 16.2. The molecule has 1 atom stereocenters. The number of pyridine rings is 2. The molecule has 0 bridgehead atoms. The van der Waals surface area contributed by atoms with E-state index in [0.29, 0.717) is 0 Å². The van der Waals surface area contributed by atoms with Gasteiger partial charge in [-0.15, -0.1) is 0 Å². The van der Waals surface area contributed by atoms with E-state index in [0.717, 1.165) is 58.1 Å². The van der Waals surface area contributed by atoms with Gasteiger partial charge in [-0.2, -0.15) is 0 Å². The average molecular weight is 824 g/mol. The number of benzene rings is 7. The lowest BCUT2D eigenvalue weighted by Crippen LogP contribution is -2.23. The van der Waals surface area contributed by atoms with Crippen LogP contribution in [-0.4, -0.2) is 9.97 Å². The van der Waals surface area contributed by atoms with E-state index in [1.54, 1.807) is 0 Å². The maximum Gasteiger partial charge on any atom is 0.0968 e. The molecule has 308 valence electrons. The van der Waals surface area contributed by atoms with Gasteiger partial charge >= 0.3 is 0 Å².